The van der Waals surface area contributed by atoms with Gasteiger partial charge in [-0.1, -0.05) is 19.9 Å². The zero-order valence-electron chi connectivity index (χ0n) is 17.0. The first kappa shape index (κ1) is 18.6. The van der Waals surface area contributed by atoms with Gasteiger partial charge in [0, 0.05) is 12.5 Å². The highest BCUT2D eigenvalue weighted by atomic mass is 16.5. The molecule has 0 aromatic heterocycles. The molecule has 4 aliphatic rings. The molecule has 4 aliphatic carbocycles. The van der Waals surface area contributed by atoms with Crippen molar-refractivity contribution in [3.05, 3.63) is 24.3 Å². The third-order valence-corrected chi connectivity index (χ3v) is 7.01. The lowest BCUT2D eigenvalue weighted by Gasteiger charge is -2.65. The molecule has 4 fully saturated rings. The van der Waals surface area contributed by atoms with Gasteiger partial charge in [-0.25, -0.2) is 0 Å². The van der Waals surface area contributed by atoms with Crippen LogP contribution in [0.2, 0.25) is 0 Å². The number of carbonyl (C=O) groups excluding carboxylic acids is 1. The zero-order chi connectivity index (χ0) is 19.1. The van der Waals surface area contributed by atoms with Crippen molar-refractivity contribution < 1.29 is 14.3 Å². The maximum Gasteiger partial charge on any atom is 0.220 e. The van der Waals surface area contributed by atoms with E-state index in [0.717, 1.165) is 17.4 Å². The number of hydrogen-bond donors (Lipinski definition) is 1. The van der Waals surface area contributed by atoms with Gasteiger partial charge < -0.3 is 14.8 Å². The Bertz CT molecular complexity index is 697. The Morgan fingerprint density at radius 3 is 2.48 bits per heavy atom. The molecule has 4 saturated carbocycles. The third kappa shape index (κ3) is 3.95. The predicted octanol–water partition coefficient (Wildman–Crippen LogP) is 4.58. The second kappa shape index (κ2) is 6.72. The average molecular weight is 372 g/mol. The summed E-state index contributed by atoms with van der Waals surface area (Å²) >= 11 is 0. The lowest BCUT2D eigenvalue weighted by molar-refractivity contribution is -0.156. The van der Waals surface area contributed by atoms with Crippen molar-refractivity contribution in [2.75, 3.05) is 20.3 Å². The van der Waals surface area contributed by atoms with Gasteiger partial charge in [-0.05, 0) is 72.8 Å². The molecule has 1 N–H and O–H groups in total. The number of rotatable bonds is 7. The minimum absolute atomic E-state index is 0.193. The molecule has 0 unspecified atom stereocenters. The van der Waals surface area contributed by atoms with Crippen LogP contribution >= 0.6 is 0 Å². The number of ether oxygens (including phenoxy) is 2. The van der Waals surface area contributed by atoms with Gasteiger partial charge >= 0.3 is 0 Å². The van der Waals surface area contributed by atoms with Crippen LogP contribution in [0, 0.1) is 22.2 Å². The van der Waals surface area contributed by atoms with Crippen LogP contribution < -0.4 is 14.8 Å². The Kier molecular flexibility index (Phi) is 4.64. The minimum atomic E-state index is 0.193. The molecule has 4 bridgehead atoms. The van der Waals surface area contributed by atoms with Gasteiger partial charge in [0.05, 0.1) is 13.7 Å². The summed E-state index contributed by atoms with van der Waals surface area (Å²) in [6.45, 7) is 5.95. The van der Waals surface area contributed by atoms with Crippen molar-refractivity contribution in [2.45, 2.75) is 58.8 Å². The quantitative estimate of drug-likeness (QED) is 0.714. The van der Waals surface area contributed by atoms with Crippen LogP contribution in [-0.4, -0.2) is 26.2 Å². The lowest BCUT2D eigenvalue weighted by atomic mass is 9.40. The Balaban J connectivity index is 1.27. The van der Waals surface area contributed by atoms with Gasteiger partial charge in [-0.3, -0.25) is 4.79 Å². The van der Waals surface area contributed by atoms with E-state index in [4.69, 9.17) is 9.47 Å². The number of amides is 1. The molecule has 4 heteroatoms. The molecule has 1 aromatic rings. The van der Waals surface area contributed by atoms with Gasteiger partial charge in [0.2, 0.25) is 5.91 Å². The van der Waals surface area contributed by atoms with Gasteiger partial charge in [0.15, 0.2) is 0 Å². The molecule has 0 heterocycles. The molecule has 1 amide bonds. The summed E-state index contributed by atoms with van der Waals surface area (Å²) in [5.74, 6) is 2.57. The number of nitrogens with one attached hydrogen (secondary N) is 1. The van der Waals surface area contributed by atoms with E-state index in [9.17, 15) is 4.79 Å². The second-order valence-electron chi connectivity index (χ2n) is 10.2. The van der Waals surface area contributed by atoms with Crippen LogP contribution in [-0.2, 0) is 4.79 Å². The van der Waals surface area contributed by atoms with Crippen molar-refractivity contribution in [1.29, 1.82) is 0 Å². The van der Waals surface area contributed by atoms with Crippen molar-refractivity contribution in [3.63, 3.8) is 0 Å². The highest BCUT2D eigenvalue weighted by molar-refractivity contribution is 5.76. The SMILES string of the molecule is COc1cccc(OCCNC(=O)CC23CC4C[C@@](C)(C2)C[C@@](C)(C4)C3)c1. The van der Waals surface area contributed by atoms with Crippen LogP contribution in [0.1, 0.15) is 58.8 Å². The molecule has 0 saturated heterocycles. The largest absolute Gasteiger partial charge is 0.497 e. The van der Waals surface area contributed by atoms with E-state index in [0.29, 0.717) is 30.4 Å². The standard InChI is InChI=1S/C23H33NO3/c1-21-10-17-11-22(2,14-21)16-23(12-17,15-21)13-20(25)24-7-8-27-19-6-4-5-18(9-19)26-3/h4-6,9,17H,7-8,10-16H2,1-3H3,(H,24,25)/t17?,21-,22-,23?/m1/s1. The molecule has 27 heavy (non-hydrogen) atoms. The molecular weight excluding hydrogens is 338 g/mol. The molecular formula is C23H33NO3. The summed E-state index contributed by atoms with van der Waals surface area (Å²) in [6, 6.07) is 7.56. The Morgan fingerprint density at radius 2 is 1.81 bits per heavy atom. The Labute approximate surface area is 163 Å². The topological polar surface area (TPSA) is 47.6 Å². The highest BCUT2D eigenvalue weighted by Crippen LogP contribution is 2.70. The monoisotopic (exact) mass is 371 g/mol. The highest BCUT2D eigenvalue weighted by Gasteiger charge is 2.60. The van der Waals surface area contributed by atoms with Gasteiger partial charge in [0.25, 0.3) is 0 Å². The molecule has 2 atom stereocenters. The van der Waals surface area contributed by atoms with Crippen molar-refractivity contribution >= 4 is 5.91 Å². The fourth-order valence-corrected chi connectivity index (χ4v) is 7.33. The smallest absolute Gasteiger partial charge is 0.220 e. The van der Waals surface area contributed by atoms with Gasteiger partial charge in [-0.15, -0.1) is 0 Å². The predicted molar refractivity (Wildman–Crippen MR) is 106 cm³/mol. The molecule has 5 rings (SSSR count). The maximum absolute atomic E-state index is 12.7. The fourth-order valence-electron chi connectivity index (χ4n) is 7.33. The van der Waals surface area contributed by atoms with Crippen molar-refractivity contribution in [1.82, 2.24) is 5.32 Å². The maximum atomic E-state index is 12.7. The van der Waals surface area contributed by atoms with Crippen LogP contribution in [0.3, 0.4) is 0 Å². The summed E-state index contributed by atoms with van der Waals surface area (Å²) in [4.78, 5) is 12.7. The van der Waals surface area contributed by atoms with E-state index < -0.39 is 0 Å². The van der Waals surface area contributed by atoms with Crippen LogP contribution in [0.25, 0.3) is 0 Å². The summed E-state index contributed by atoms with van der Waals surface area (Å²) in [5, 5.41) is 3.09. The van der Waals surface area contributed by atoms with Crippen LogP contribution in [0.15, 0.2) is 24.3 Å². The van der Waals surface area contributed by atoms with E-state index in [1.807, 2.05) is 24.3 Å². The number of methoxy groups -OCH3 is 1. The normalized spacial score (nSPS) is 36.5. The number of carbonyl (C=O) groups is 1. The lowest BCUT2D eigenvalue weighted by Crippen LogP contribution is -2.56. The summed E-state index contributed by atoms with van der Waals surface area (Å²) in [7, 11) is 1.64. The summed E-state index contributed by atoms with van der Waals surface area (Å²) in [5.41, 5.74) is 1.16. The van der Waals surface area contributed by atoms with Crippen molar-refractivity contribution in [2.24, 2.45) is 22.2 Å². The molecule has 0 radical (unpaired) electrons. The van der Waals surface area contributed by atoms with Crippen molar-refractivity contribution in [3.8, 4) is 11.5 Å². The van der Waals surface area contributed by atoms with Gasteiger partial charge in [0.1, 0.15) is 18.1 Å². The van der Waals surface area contributed by atoms with Gasteiger partial charge in [-0.2, -0.15) is 0 Å². The fraction of sp³-hybridized carbons (Fsp3) is 0.696. The first-order valence-electron chi connectivity index (χ1n) is 10.3. The number of benzene rings is 1. The van der Waals surface area contributed by atoms with E-state index in [1.165, 1.54) is 38.5 Å². The second-order valence-corrected chi connectivity index (χ2v) is 10.2. The first-order valence-corrected chi connectivity index (χ1v) is 10.3. The summed E-state index contributed by atoms with van der Waals surface area (Å²) < 4.78 is 10.9. The molecule has 148 valence electrons. The molecule has 0 aliphatic heterocycles. The van der Waals surface area contributed by atoms with E-state index in [1.54, 1.807) is 7.11 Å². The third-order valence-electron chi connectivity index (χ3n) is 7.01. The van der Waals surface area contributed by atoms with E-state index in [2.05, 4.69) is 19.2 Å². The minimum Gasteiger partial charge on any atom is -0.497 e. The molecule has 1 aromatic carbocycles. The van der Waals surface area contributed by atoms with Crippen LogP contribution in [0.4, 0.5) is 0 Å². The number of hydrogen-bond acceptors (Lipinski definition) is 3. The first-order chi connectivity index (χ1) is 12.8. The molecule has 4 nitrogen and oxygen atoms in total. The Morgan fingerprint density at radius 1 is 1.11 bits per heavy atom. The average Bonchev–Trinajstić information content (AvgIpc) is 2.55. The van der Waals surface area contributed by atoms with E-state index >= 15 is 0 Å². The Hall–Kier alpha value is -1.71. The molecule has 0 spiro atoms. The zero-order valence-corrected chi connectivity index (χ0v) is 17.0. The van der Waals surface area contributed by atoms with Crippen LogP contribution in [0.5, 0.6) is 11.5 Å². The summed E-state index contributed by atoms with van der Waals surface area (Å²) in [6.07, 6.45) is 8.52. The van der Waals surface area contributed by atoms with E-state index in [-0.39, 0.29) is 11.3 Å².